The maximum atomic E-state index is 13.1. The number of benzene rings is 2. The number of nitrogens with two attached hydrogens (primary N) is 1. The molecule has 0 saturated carbocycles. The number of piperidine rings is 2. The predicted molar refractivity (Wildman–Crippen MR) is 141 cm³/mol. The molecule has 2 aromatic carbocycles. The van der Waals surface area contributed by atoms with E-state index in [1.807, 2.05) is 33.5 Å². The van der Waals surface area contributed by atoms with Crippen molar-refractivity contribution in [1.82, 2.24) is 14.5 Å². The Bertz CT molecular complexity index is 1370. The summed E-state index contributed by atoms with van der Waals surface area (Å²) in [7, 11) is -1.22. The Labute approximate surface area is 227 Å². The fraction of sp³-hybridized carbons (Fsp3) is 0.407. The Morgan fingerprint density at radius 1 is 0.897 bits per heavy atom. The molecule has 3 saturated heterocycles. The van der Waals surface area contributed by atoms with Gasteiger partial charge in [-0.1, -0.05) is 0 Å². The molecule has 6 rings (SSSR count). The number of fused-ring (bicyclic) bond motifs is 1. The van der Waals surface area contributed by atoms with E-state index in [0.29, 0.717) is 18.8 Å². The molecular formula is C27H29N5O6S. The van der Waals surface area contributed by atoms with Gasteiger partial charge in [0.1, 0.15) is 28.9 Å². The van der Waals surface area contributed by atoms with Crippen molar-refractivity contribution in [1.29, 1.82) is 0 Å². The van der Waals surface area contributed by atoms with E-state index in [1.54, 1.807) is 18.2 Å². The summed E-state index contributed by atoms with van der Waals surface area (Å²) in [6.45, 7) is 2.64. The van der Waals surface area contributed by atoms with Crippen LogP contribution in [0.1, 0.15) is 46.4 Å². The van der Waals surface area contributed by atoms with Gasteiger partial charge in [-0.05, 0) is 61.7 Å². The molecule has 0 spiro atoms. The zero-order valence-corrected chi connectivity index (χ0v) is 22.0. The summed E-state index contributed by atoms with van der Waals surface area (Å²) < 4.78 is 20.9. The van der Waals surface area contributed by atoms with Gasteiger partial charge in [0.25, 0.3) is 11.8 Å². The van der Waals surface area contributed by atoms with E-state index < -0.39 is 40.7 Å². The Morgan fingerprint density at radius 2 is 1.59 bits per heavy atom. The number of nitrogens with one attached hydrogen (secondary N) is 1. The lowest BCUT2D eigenvalue weighted by Gasteiger charge is -2.40. The third-order valence-corrected chi connectivity index (χ3v) is 9.21. The van der Waals surface area contributed by atoms with E-state index in [1.165, 1.54) is 0 Å². The first-order chi connectivity index (χ1) is 18.8. The lowest BCUT2D eigenvalue weighted by Crippen LogP contribution is -2.54. The number of carbonyl (C=O) groups is 4. The molecule has 3 N–H and O–H groups in total. The second-order valence-electron chi connectivity index (χ2n) is 10.3. The normalized spacial score (nSPS) is 23.5. The van der Waals surface area contributed by atoms with Crippen LogP contribution >= 0.6 is 0 Å². The van der Waals surface area contributed by atoms with Crippen LogP contribution in [0.2, 0.25) is 0 Å². The molecule has 39 heavy (non-hydrogen) atoms. The van der Waals surface area contributed by atoms with E-state index in [0.717, 1.165) is 41.4 Å². The van der Waals surface area contributed by atoms with Gasteiger partial charge in [-0.2, -0.15) is 0 Å². The quantitative estimate of drug-likeness (QED) is 0.502. The Kier molecular flexibility index (Phi) is 6.69. The number of amides is 4. The SMILES string of the molecule is NC1CCN(S(=O)c2ccc(OC3CN(c4ccc5c(c4)C(=O)N(C4CCC(=O)NC4=O)C5=O)C3)cc2)CC1. The van der Waals surface area contributed by atoms with E-state index in [2.05, 4.69) is 5.32 Å². The van der Waals surface area contributed by atoms with Gasteiger partial charge in [-0.3, -0.25) is 29.4 Å². The van der Waals surface area contributed by atoms with Crippen molar-refractivity contribution in [2.75, 3.05) is 31.1 Å². The van der Waals surface area contributed by atoms with Gasteiger partial charge in [-0.25, -0.2) is 8.51 Å². The lowest BCUT2D eigenvalue weighted by atomic mass is 10.0. The maximum absolute atomic E-state index is 13.1. The van der Waals surface area contributed by atoms with E-state index >= 15 is 0 Å². The number of anilines is 1. The number of nitrogens with zero attached hydrogens (tertiary/aromatic N) is 3. The monoisotopic (exact) mass is 551 g/mol. The molecule has 4 amide bonds. The molecule has 0 bridgehead atoms. The van der Waals surface area contributed by atoms with Crippen molar-refractivity contribution in [3.05, 3.63) is 53.6 Å². The molecule has 0 radical (unpaired) electrons. The summed E-state index contributed by atoms with van der Waals surface area (Å²) in [4.78, 5) is 53.5. The highest BCUT2D eigenvalue weighted by Gasteiger charge is 2.45. The smallest absolute Gasteiger partial charge is 0.262 e. The molecule has 12 heteroatoms. The van der Waals surface area contributed by atoms with Crippen LogP contribution in [-0.2, 0) is 20.6 Å². The number of hydrogen-bond donors (Lipinski definition) is 2. The van der Waals surface area contributed by atoms with Gasteiger partial charge in [0, 0.05) is 31.2 Å². The van der Waals surface area contributed by atoms with Crippen LogP contribution < -0.4 is 20.7 Å². The molecule has 204 valence electrons. The molecule has 0 aromatic heterocycles. The third-order valence-electron chi connectivity index (χ3n) is 7.70. The van der Waals surface area contributed by atoms with Crippen LogP contribution in [0.3, 0.4) is 0 Å². The fourth-order valence-corrected chi connectivity index (χ4v) is 6.61. The predicted octanol–water partition coefficient (Wildman–Crippen LogP) is 0.801. The average molecular weight is 552 g/mol. The largest absolute Gasteiger partial charge is 0.487 e. The molecular weight excluding hydrogens is 522 g/mol. The van der Waals surface area contributed by atoms with Gasteiger partial charge in [0.2, 0.25) is 11.8 Å². The molecule has 4 heterocycles. The highest BCUT2D eigenvalue weighted by Crippen LogP contribution is 2.33. The van der Waals surface area contributed by atoms with Gasteiger partial charge >= 0.3 is 0 Å². The minimum absolute atomic E-state index is 0.0597. The maximum Gasteiger partial charge on any atom is 0.262 e. The second kappa shape index (κ2) is 10.2. The Hall–Kier alpha value is -3.61. The van der Waals surface area contributed by atoms with Crippen molar-refractivity contribution in [3.63, 3.8) is 0 Å². The lowest BCUT2D eigenvalue weighted by molar-refractivity contribution is -0.136. The minimum Gasteiger partial charge on any atom is -0.487 e. The topological polar surface area (TPSA) is 142 Å². The van der Waals surface area contributed by atoms with Crippen LogP contribution in [0.4, 0.5) is 5.69 Å². The number of rotatable bonds is 6. The van der Waals surface area contributed by atoms with Crippen molar-refractivity contribution < 1.29 is 28.1 Å². The molecule has 0 aliphatic carbocycles. The second-order valence-corrected chi connectivity index (χ2v) is 11.8. The molecule has 2 atom stereocenters. The van der Waals surface area contributed by atoms with Crippen LogP contribution in [0, 0.1) is 0 Å². The van der Waals surface area contributed by atoms with Crippen molar-refractivity contribution in [2.24, 2.45) is 5.73 Å². The molecule has 3 fully saturated rings. The van der Waals surface area contributed by atoms with Gasteiger partial charge in [-0.15, -0.1) is 0 Å². The molecule has 4 aliphatic heterocycles. The standard InChI is InChI=1S/C27H29N5O6S/c28-16-9-11-31(12-10-16)39(37)20-4-2-18(3-5-20)38-19-14-30(15-19)17-1-6-21-22(13-17)27(36)32(26(21)35)23-7-8-24(33)29-25(23)34/h1-6,13,16,19,23H,7-12,14-15,28H2,(H,29,33,34). The molecule has 11 nitrogen and oxygen atoms in total. The zero-order chi connectivity index (χ0) is 27.3. The van der Waals surface area contributed by atoms with E-state index in [4.69, 9.17) is 10.5 Å². The molecule has 2 aromatic rings. The zero-order valence-electron chi connectivity index (χ0n) is 21.2. The van der Waals surface area contributed by atoms with Crippen molar-refractivity contribution in [2.45, 2.75) is 48.8 Å². The fourth-order valence-electron chi connectivity index (χ4n) is 5.40. The van der Waals surface area contributed by atoms with E-state index in [-0.39, 0.29) is 36.1 Å². The van der Waals surface area contributed by atoms with Crippen LogP contribution in [0.5, 0.6) is 5.75 Å². The summed E-state index contributed by atoms with van der Waals surface area (Å²) in [5.74, 6) is -1.38. The summed E-state index contributed by atoms with van der Waals surface area (Å²) in [6, 6.07) is 11.6. The summed E-state index contributed by atoms with van der Waals surface area (Å²) in [6.07, 6.45) is 1.84. The molecule has 4 aliphatic rings. The summed E-state index contributed by atoms with van der Waals surface area (Å²) >= 11 is 0. The first-order valence-corrected chi connectivity index (χ1v) is 14.2. The summed E-state index contributed by atoms with van der Waals surface area (Å²) in [5, 5.41) is 2.20. The van der Waals surface area contributed by atoms with Gasteiger partial charge < -0.3 is 15.4 Å². The average Bonchev–Trinajstić information content (AvgIpc) is 3.15. The highest BCUT2D eigenvalue weighted by molar-refractivity contribution is 7.82. The van der Waals surface area contributed by atoms with Crippen LogP contribution in [-0.4, -0.2) is 81.4 Å². The number of ether oxygens (including phenoxy) is 1. The third kappa shape index (κ3) is 4.83. The first-order valence-electron chi connectivity index (χ1n) is 13.1. The van der Waals surface area contributed by atoms with Gasteiger partial charge in [0.05, 0.1) is 29.1 Å². The van der Waals surface area contributed by atoms with Crippen LogP contribution in [0.25, 0.3) is 0 Å². The van der Waals surface area contributed by atoms with Crippen molar-refractivity contribution >= 4 is 40.3 Å². The first kappa shape index (κ1) is 25.7. The Morgan fingerprint density at radius 3 is 2.28 bits per heavy atom. The summed E-state index contributed by atoms with van der Waals surface area (Å²) in [5.41, 5.74) is 7.24. The number of carbonyl (C=O) groups excluding carboxylic acids is 4. The van der Waals surface area contributed by atoms with Gasteiger partial charge in [0.15, 0.2) is 0 Å². The number of imide groups is 2. The minimum atomic E-state index is -1.22. The highest BCUT2D eigenvalue weighted by atomic mass is 32.2. The van der Waals surface area contributed by atoms with Crippen molar-refractivity contribution in [3.8, 4) is 5.75 Å². The molecule has 2 unspecified atom stereocenters. The number of hydrogen-bond acceptors (Lipinski definition) is 8. The van der Waals surface area contributed by atoms with E-state index in [9.17, 15) is 23.4 Å². The Balaban J connectivity index is 1.05. The van der Waals surface area contributed by atoms with Crippen LogP contribution in [0.15, 0.2) is 47.4 Å².